The summed E-state index contributed by atoms with van der Waals surface area (Å²) in [4.78, 5) is 49.5. The number of fused-ring (bicyclic) bond motifs is 1. The van der Waals surface area contributed by atoms with Gasteiger partial charge in [-0.25, -0.2) is 13.8 Å². The van der Waals surface area contributed by atoms with Crippen LogP contribution in [0.25, 0.3) is 22.6 Å². The Labute approximate surface area is 260 Å². The summed E-state index contributed by atoms with van der Waals surface area (Å²) in [6.45, 7) is 2.84. The number of carbonyl (C=O) groups excluding carboxylic acids is 3. The van der Waals surface area contributed by atoms with Crippen LogP contribution in [0, 0.1) is 11.7 Å². The van der Waals surface area contributed by atoms with Gasteiger partial charge in [0.05, 0.1) is 30.3 Å². The summed E-state index contributed by atoms with van der Waals surface area (Å²) >= 11 is 0. The lowest BCUT2D eigenvalue weighted by Gasteiger charge is -2.26. The number of likely N-dealkylation sites (tertiary alicyclic amines) is 1. The molecule has 0 unspecified atom stereocenters. The van der Waals surface area contributed by atoms with Crippen molar-refractivity contribution in [1.29, 1.82) is 0 Å². The molecule has 2 aromatic heterocycles. The molecule has 2 fully saturated rings. The Morgan fingerprint density at radius 1 is 1.18 bits per heavy atom. The number of nitrogens with zero attached hydrogens (tertiary/aromatic N) is 3. The summed E-state index contributed by atoms with van der Waals surface area (Å²) in [6, 6.07) is 7.58. The average Bonchev–Trinajstić information content (AvgIpc) is 3.80. The fourth-order valence-corrected chi connectivity index (χ4v) is 5.81. The smallest absolute Gasteiger partial charge is 0.270 e. The Balaban J connectivity index is 1.13. The summed E-state index contributed by atoms with van der Waals surface area (Å²) in [7, 11) is 0. The zero-order valence-corrected chi connectivity index (χ0v) is 25.1. The summed E-state index contributed by atoms with van der Waals surface area (Å²) in [6.07, 6.45) is 9.97. The number of carbonyl (C=O) groups is 3. The Morgan fingerprint density at radius 2 is 2.02 bits per heavy atom. The molecule has 3 amide bonds. The van der Waals surface area contributed by atoms with Gasteiger partial charge in [-0.05, 0) is 85.7 Å². The van der Waals surface area contributed by atoms with Crippen LogP contribution in [0.5, 0.6) is 0 Å². The minimum absolute atomic E-state index is 0.0536. The van der Waals surface area contributed by atoms with E-state index in [4.69, 9.17) is 4.98 Å². The molecule has 1 saturated heterocycles. The Kier molecular flexibility index (Phi) is 8.97. The third-order valence-electron chi connectivity index (χ3n) is 8.48. The molecule has 6 rings (SSSR count). The molecule has 4 heterocycles. The molecule has 1 saturated carbocycles. The number of pyridine rings is 2. The first-order chi connectivity index (χ1) is 21.7. The van der Waals surface area contributed by atoms with E-state index < -0.39 is 48.3 Å². The van der Waals surface area contributed by atoms with E-state index in [1.54, 1.807) is 6.07 Å². The Morgan fingerprint density at radius 3 is 2.80 bits per heavy atom. The zero-order valence-electron chi connectivity index (χ0n) is 25.1. The second kappa shape index (κ2) is 13.2. The highest BCUT2D eigenvalue weighted by Crippen LogP contribution is 2.32. The van der Waals surface area contributed by atoms with E-state index >= 15 is 0 Å². The average molecular weight is 615 g/mol. The number of aromatic nitrogens is 2. The van der Waals surface area contributed by atoms with Gasteiger partial charge >= 0.3 is 0 Å². The van der Waals surface area contributed by atoms with Crippen molar-refractivity contribution in [3.63, 3.8) is 0 Å². The maximum Gasteiger partial charge on any atom is 0.270 e. The van der Waals surface area contributed by atoms with Crippen LogP contribution >= 0.6 is 0 Å². The SMILES string of the molecule is C[C@@H](NC(=O)[C@@H]1C[C@@H](F)CN1C(=O)CNC(=O)c1ccc2cc(F)ccc2n1)c1cc(C2=CCCNC2)ncc1/C=C/C1CC1. The number of benzene rings is 1. The van der Waals surface area contributed by atoms with Gasteiger partial charge in [0.25, 0.3) is 5.91 Å². The van der Waals surface area contributed by atoms with Gasteiger partial charge in [0.15, 0.2) is 0 Å². The van der Waals surface area contributed by atoms with Gasteiger partial charge in [-0.1, -0.05) is 24.3 Å². The molecule has 2 aliphatic heterocycles. The van der Waals surface area contributed by atoms with Crippen molar-refractivity contribution in [2.24, 2.45) is 5.92 Å². The van der Waals surface area contributed by atoms with Gasteiger partial charge in [0.1, 0.15) is 23.7 Å². The lowest BCUT2D eigenvalue weighted by Crippen LogP contribution is -2.49. The third-order valence-corrected chi connectivity index (χ3v) is 8.48. The first-order valence-electron chi connectivity index (χ1n) is 15.4. The van der Waals surface area contributed by atoms with Gasteiger partial charge in [-0.15, -0.1) is 0 Å². The number of rotatable bonds is 9. The van der Waals surface area contributed by atoms with E-state index in [1.165, 1.54) is 42.0 Å². The molecular formula is C34H36F2N6O3. The molecule has 45 heavy (non-hydrogen) atoms. The number of hydrogen-bond acceptors (Lipinski definition) is 6. The van der Waals surface area contributed by atoms with Crippen LogP contribution in [0.3, 0.4) is 0 Å². The first kappa shape index (κ1) is 30.5. The van der Waals surface area contributed by atoms with E-state index in [0.29, 0.717) is 16.8 Å². The van der Waals surface area contributed by atoms with Crippen molar-refractivity contribution in [3.05, 3.63) is 83.1 Å². The number of alkyl halides is 1. The quantitative estimate of drug-likeness (QED) is 0.334. The number of allylic oxidation sites excluding steroid dienone is 1. The predicted molar refractivity (Wildman–Crippen MR) is 167 cm³/mol. The molecule has 0 radical (unpaired) electrons. The van der Waals surface area contributed by atoms with Crippen molar-refractivity contribution in [3.8, 4) is 0 Å². The summed E-state index contributed by atoms with van der Waals surface area (Å²) in [5, 5.41) is 9.43. The van der Waals surface area contributed by atoms with Crippen LogP contribution in [0.2, 0.25) is 0 Å². The fourth-order valence-electron chi connectivity index (χ4n) is 5.81. The lowest BCUT2D eigenvalue weighted by molar-refractivity contribution is -0.138. The second-order valence-electron chi connectivity index (χ2n) is 11.9. The van der Waals surface area contributed by atoms with Crippen molar-refractivity contribution < 1.29 is 23.2 Å². The van der Waals surface area contributed by atoms with E-state index in [1.807, 2.05) is 25.3 Å². The lowest BCUT2D eigenvalue weighted by atomic mass is 9.98. The summed E-state index contributed by atoms with van der Waals surface area (Å²) in [5.74, 6) is -1.49. The highest BCUT2D eigenvalue weighted by molar-refractivity contribution is 5.97. The summed E-state index contributed by atoms with van der Waals surface area (Å²) < 4.78 is 28.1. The summed E-state index contributed by atoms with van der Waals surface area (Å²) in [5.41, 5.74) is 4.22. The highest BCUT2D eigenvalue weighted by Gasteiger charge is 2.40. The maximum absolute atomic E-state index is 14.6. The Hall–Kier alpha value is -4.51. The predicted octanol–water partition coefficient (Wildman–Crippen LogP) is 4.12. The zero-order chi connectivity index (χ0) is 31.5. The molecule has 11 heteroatoms. The molecule has 0 bridgehead atoms. The molecule has 234 valence electrons. The molecule has 3 aromatic rings. The molecule has 0 spiro atoms. The number of halogens is 2. The topological polar surface area (TPSA) is 116 Å². The van der Waals surface area contributed by atoms with Gasteiger partial charge in [0, 0.05) is 24.5 Å². The van der Waals surface area contributed by atoms with Crippen LogP contribution in [0.4, 0.5) is 8.78 Å². The van der Waals surface area contributed by atoms with E-state index in [2.05, 4.69) is 33.1 Å². The third kappa shape index (κ3) is 7.25. The fraction of sp³-hybridized carbons (Fsp3) is 0.382. The Bertz CT molecular complexity index is 1690. The van der Waals surface area contributed by atoms with Crippen LogP contribution in [0.1, 0.15) is 66.0 Å². The van der Waals surface area contributed by atoms with Crippen LogP contribution in [-0.4, -0.2) is 71.0 Å². The molecule has 9 nitrogen and oxygen atoms in total. The number of nitrogens with one attached hydrogen (secondary N) is 3. The van der Waals surface area contributed by atoms with Crippen molar-refractivity contribution >= 4 is 40.3 Å². The highest BCUT2D eigenvalue weighted by atomic mass is 19.1. The standard InChI is InChI=1S/C34H36F2N6O3/c1-20(27-15-30(24-3-2-12-37-16-24)38-17-23(27)7-6-21-4-5-21)40-34(45)31-14-26(36)19-42(31)32(43)18-39-33(44)29-10-8-22-13-25(35)9-11-28(22)41-29/h3,6-11,13,15,17,20-21,26,31,37H,2,4-5,12,14,16,18-19H2,1H3,(H,39,44)(H,40,45)/b7-6+/t20-,26-,31+/m1/s1. The van der Waals surface area contributed by atoms with E-state index in [-0.39, 0.29) is 18.7 Å². The van der Waals surface area contributed by atoms with Crippen molar-refractivity contribution in [2.75, 3.05) is 26.2 Å². The molecule has 3 aliphatic rings. The van der Waals surface area contributed by atoms with Crippen LogP contribution < -0.4 is 16.0 Å². The minimum Gasteiger partial charge on any atom is -0.348 e. The van der Waals surface area contributed by atoms with E-state index in [9.17, 15) is 23.2 Å². The van der Waals surface area contributed by atoms with Crippen molar-refractivity contribution in [2.45, 2.75) is 50.9 Å². The van der Waals surface area contributed by atoms with Crippen LogP contribution in [0.15, 0.2) is 54.7 Å². The second-order valence-corrected chi connectivity index (χ2v) is 11.9. The number of amides is 3. The molecule has 3 N–H and O–H groups in total. The molecule has 1 aliphatic carbocycles. The largest absolute Gasteiger partial charge is 0.348 e. The molecule has 3 atom stereocenters. The van der Waals surface area contributed by atoms with Crippen molar-refractivity contribution in [1.82, 2.24) is 30.8 Å². The normalized spacial score (nSPS) is 20.7. The monoisotopic (exact) mass is 614 g/mol. The maximum atomic E-state index is 14.6. The first-order valence-corrected chi connectivity index (χ1v) is 15.4. The van der Waals surface area contributed by atoms with Gasteiger partial charge in [-0.2, -0.15) is 0 Å². The van der Waals surface area contributed by atoms with Gasteiger partial charge in [0.2, 0.25) is 11.8 Å². The van der Waals surface area contributed by atoms with Gasteiger partial charge < -0.3 is 20.9 Å². The van der Waals surface area contributed by atoms with Gasteiger partial charge in [-0.3, -0.25) is 19.4 Å². The van der Waals surface area contributed by atoms with Crippen LogP contribution in [-0.2, 0) is 9.59 Å². The number of hydrogen-bond donors (Lipinski definition) is 3. The minimum atomic E-state index is -1.37. The van der Waals surface area contributed by atoms with E-state index in [0.717, 1.165) is 41.9 Å². The molecular weight excluding hydrogens is 578 g/mol. The molecule has 1 aromatic carbocycles.